The quantitative estimate of drug-likeness (QED) is 0.619. The van der Waals surface area contributed by atoms with Gasteiger partial charge in [-0.25, -0.2) is 0 Å². The average molecular weight is 141 g/mol. The highest BCUT2D eigenvalue weighted by atomic mass is 16.1. The van der Waals surface area contributed by atoms with Gasteiger partial charge in [0.15, 0.2) is 0 Å². The Hall–Kier alpha value is -0.530. The molecule has 0 aromatic carbocycles. The molecule has 2 heteroatoms. The zero-order valence-corrected chi connectivity index (χ0v) is 6.74. The highest BCUT2D eigenvalue weighted by Gasteiger charge is 2.35. The Morgan fingerprint density at radius 3 is 2.30 bits per heavy atom. The summed E-state index contributed by atoms with van der Waals surface area (Å²) in [6, 6.07) is 0. The van der Waals surface area contributed by atoms with Gasteiger partial charge in [0, 0.05) is 12.5 Å². The molecule has 2 nitrogen and oxygen atoms in total. The van der Waals surface area contributed by atoms with Crippen molar-refractivity contribution < 1.29 is 4.79 Å². The summed E-state index contributed by atoms with van der Waals surface area (Å²) in [7, 11) is 0. The van der Waals surface area contributed by atoms with Gasteiger partial charge in [-0.3, -0.25) is 4.79 Å². The molecule has 58 valence electrons. The second kappa shape index (κ2) is 2.60. The minimum Gasteiger partial charge on any atom is -0.351 e. The molecule has 0 heterocycles. The Labute approximate surface area is 62.0 Å². The minimum atomic E-state index is 0.113. The van der Waals surface area contributed by atoms with Crippen LogP contribution in [-0.4, -0.2) is 11.4 Å². The minimum absolute atomic E-state index is 0.113. The first-order valence-corrected chi connectivity index (χ1v) is 3.97. The Morgan fingerprint density at radius 2 is 2.20 bits per heavy atom. The summed E-state index contributed by atoms with van der Waals surface area (Å²) < 4.78 is 0. The second-order valence-electron chi connectivity index (χ2n) is 3.17. The van der Waals surface area contributed by atoms with Crippen LogP contribution in [0.15, 0.2) is 0 Å². The fourth-order valence-electron chi connectivity index (χ4n) is 1.54. The van der Waals surface area contributed by atoms with E-state index in [4.69, 9.17) is 0 Å². The van der Waals surface area contributed by atoms with Crippen LogP contribution >= 0.6 is 0 Å². The van der Waals surface area contributed by atoms with Crippen molar-refractivity contribution in [1.29, 1.82) is 0 Å². The normalized spacial score (nSPS) is 21.4. The monoisotopic (exact) mass is 141 g/mol. The van der Waals surface area contributed by atoms with E-state index >= 15 is 0 Å². The lowest BCUT2D eigenvalue weighted by Crippen LogP contribution is -2.52. The van der Waals surface area contributed by atoms with Crippen LogP contribution in [0.25, 0.3) is 0 Å². The molecule has 0 bridgehead atoms. The molecule has 1 aliphatic carbocycles. The van der Waals surface area contributed by atoms with Gasteiger partial charge in [0.1, 0.15) is 0 Å². The van der Waals surface area contributed by atoms with Gasteiger partial charge in [-0.05, 0) is 25.7 Å². The van der Waals surface area contributed by atoms with Gasteiger partial charge in [-0.1, -0.05) is 6.92 Å². The molecule has 0 radical (unpaired) electrons. The van der Waals surface area contributed by atoms with E-state index in [0.29, 0.717) is 0 Å². The van der Waals surface area contributed by atoms with Gasteiger partial charge in [-0.2, -0.15) is 0 Å². The molecule has 0 spiro atoms. The molecule has 1 fully saturated rings. The summed E-state index contributed by atoms with van der Waals surface area (Å²) in [6.45, 7) is 3.73. The number of carbonyl (C=O) groups is 1. The summed E-state index contributed by atoms with van der Waals surface area (Å²) in [5, 5.41) is 3.00. The van der Waals surface area contributed by atoms with Gasteiger partial charge in [0.25, 0.3) is 0 Å². The number of rotatable bonds is 2. The number of nitrogens with one attached hydrogen (secondary N) is 1. The SMILES string of the molecule is CCC1(NC(C)=O)CCC1. The molecule has 0 unspecified atom stereocenters. The second-order valence-corrected chi connectivity index (χ2v) is 3.17. The summed E-state index contributed by atoms with van der Waals surface area (Å²) in [5.74, 6) is 0.113. The number of amides is 1. The molecule has 1 N–H and O–H groups in total. The Morgan fingerprint density at radius 1 is 1.60 bits per heavy atom. The highest BCUT2D eigenvalue weighted by Crippen LogP contribution is 2.34. The standard InChI is InChI=1S/C8H15NO/c1-3-8(5-4-6-8)9-7(2)10/h3-6H2,1-2H3,(H,9,10). The maximum Gasteiger partial charge on any atom is 0.217 e. The van der Waals surface area contributed by atoms with Gasteiger partial charge in [0.2, 0.25) is 5.91 Å². The summed E-state index contributed by atoms with van der Waals surface area (Å²) in [6.07, 6.45) is 4.69. The van der Waals surface area contributed by atoms with Gasteiger partial charge < -0.3 is 5.32 Å². The molecule has 0 aromatic rings. The van der Waals surface area contributed by atoms with Crippen molar-refractivity contribution >= 4 is 5.91 Å². The van der Waals surface area contributed by atoms with Crippen LogP contribution < -0.4 is 5.32 Å². The van der Waals surface area contributed by atoms with E-state index in [-0.39, 0.29) is 11.4 Å². The lowest BCUT2D eigenvalue weighted by molar-refractivity contribution is -0.122. The van der Waals surface area contributed by atoms with Crippen LogP contribution in [0.1, 0.15) is 39.5 Å². The number of hydrogen-bond acceptors (Lipinski definition) is 1. The smallest absolute Gasteiger partial charge is 0.217 e. The summed E-state index contributed by atoms with van der Waals surface area (Å²) in [5.41, 5.74) is 0.186. The Kier molecular flexibility index (Phi) is 1.97. The van der Waals surface area contributed by atoms with Crippen molar-refractivity contribution in [1.82, 2.24) is 5.32 Å². The molecule has 1 rings (SSSR count). The van der Waals surface area contributed by atoms with E-state index in [1.165, 1.54) is 19.3 Å². The van der Waals surface area contributed by atoms with Crippen molar-refractivity contribution in [2.75, 3.05) is 0 Å². The topological polar surface area (TPSA) is 29.1 Å². The van der Waals surface area contributed by atoms with Crippen LogP contribution in [0.3, 0.4) is 0 Å². The molecule has 0 atom stereocenters. The van der Waals surface area contributed by atoms with Crippen molar-refractivity contribution in [3.63, 3.8) is 0 Å². The molecule has 1 saturated carbocycles. The molecule has 1 amide bonds. The van der Waals surface area contributed by atoms with E-state index in [2.05, 4.69) is 12.2 Å². The van der Waals surface area contributed by atoms with Crippen LogP contribution in [0.4, 0.5) is 0 Å². The van der Waals surface area contributed by atoms with Crippen molar-refractivity contribution in [3.05, 3.63) is 0 Å². The summed E-state index contributed by atoms with van der Waals surface area (Å²) >= 11 is 0. The third-order valence-corrected chi connectivity index (χ3v) is 2.43. The number of hydrogen-bond donors (Lipinski definition) is 1. The molecule has 0 saturated heterocycles. The zero-order valence-electron chi connectivity index (χ0n) is 6.74. The fourth-order valence-corrected chi connectivity index (χ4v) is 1.54. The first kappa shape index (κ1) is 7.58. The average Bonchev–Trinajstić information content (AvgIpc) is 1.78. The largest absolute Gasteiger partial charge is 0.351 e. The van der Waals surface area contributed by atoms with E-state index < -0.39 is 0 Å². The van der Waals surface area contributed by atoms with Crippen LogP contribution in [0, 0.1) is 0 Å². The first-order chi connectivity index (χ1) is 4.68. The molecular weight excluding hydrogens is 126 g/mol. The van der Waals surface area contributed by atoms with Crippen molar-refractivity contribution in [3.8, 4) is 0 Å². The molecule has 0 aliphatic heterocycles. The Balaban J connectivity index is 2.40. The molecular formula is C8H15NO. The van der Waals surface area contributed by atoms with Gasteiger partial charge in [0.05, 0.1) is 0 Å². The van der Waals surface area contributed by atoms with Gasteiger partial charge >= 0.3 is 0 Å². The predicted octanol–water partition coefficient (Wildman–Crippen LogP) is 1.46. The third kappa shape index (κ3) is 1.31. The molecule has 1 aliphatic rings. The highest BCUT2D eigenvalue weighted by molar-refractivity contribution is 5.73. The molecule has 0 aromatic heterocycles. The summed E-state index contributed by atoms with van der Waals surface area (Å²) in [4.78, 5) is 10.7. The zero-order chi connectivity index (χ0) is 7.61. The van der Waals surface area contributed by atoms with E-state index in [9.17, 15) is 4.79 Å². The lowest BCUT2D eigenvalue weighted by atomic mass is 9.75. The molecule has 10 heavy (non-hydrogen) atoms. The van der Waals surface area contributed by atoms with E-state index in [1.807, 2.05) is 0 Å². The predicted molar refractivity (Wildman–Crippen MR) is 40.7 cm³/mol. The lowest BCUT2D eigenvalue weighted by Gasteiger charge is -2.41. The van der Waals surface area contributed by atoms with E-state index in [1.54, 1.807) is 6.92 Å². The third-order valence-electron chi connectivity index (χ3n) is 2.43. The van der Waals surface area contributed by atoms with Crippen molar-refractivity contribution in [2.45, 2.75) is 45.1 Å². The van der Waals surface area contributed by atoms with Crippen molar-refractivity contribution in [2.24, 2.45) is 0 Å². The first-order valence-electron chi connectivity index (χ1n) is 3.97. The number of carbonyl (C=O) groups excluding carboxylic acids is 1. The van der Waals surface area contributed by atoms with Crippen LogP contribution in [0.5, 0.6) is 0 Å². The Bertz CT molecular complexity index is 133. The van der Waals surface area contributed by atoms with Gasteiger partial charge in [-0.15, -0.1) is 0 Å². The fraction of sp³-hybridized carbons (Fsp3) is 0.875. The van der Waals surface area contributed by atoms with Crippen LogP contribution in [-0.2, 0) is 4.79 Å². The van der Waals surface area contributed by atoms with Crippen LogP contribution in [0.2, 0.25) is 0 Å². The van der Waals surface area contributed by atoms with E-state index in [0.717, 1.165) is 6.42 Å². The maximum atomic E-state index is 10.7. The maximum absolute atomic E-state index is 10.7.